The fourth-order valence-corrected chi connectivity index (χ4v) is 2.44. The van der Waals surface area contributed by atoms with E-state index in [1.165, 1.54) is 6.42 Å². The Bertz CT molecular complexity index is 277. The SMILES string of the molecule is CC1CCCC(OCC(O)CNCCOCC(F)(F)F)C1. The summed E-state index contributed by atoms with van der Waals surface area (Å²) in [4.78, 5) is 0. The van der Waals surface area contributed by atoms with E-state index in [4.69, 9.17) is 4.74 Å². The molecule has 1 rings (SSSR count). The molecule has 7 heteroatoms. The molecule has 1 saturated carbocycles. The average molecular weight is 313 g/mol. The number of alkyl halides is 3. The number of rotatable bonds is 9. The minimum absolute atomic E-state index is 0.0345. The fraction of sp³-hybridized carbons (Fsp3) is 1.00. The van der Waals surface area contributed by atoms with Crippen LogP contribution in [-0.4, -0.2) is 56.4 Å². The normalized spacial score (nSPS) is 25.0. The van der Waals surface area contributed by atoms with Gasteiger partial charge in [-0.2, -0.15) is 13.2 Å². The highest BCUT2D eigenvalue weighted by atomic mass is 19.4. The van der Waals surface area contributed by atoms with Crippen molar-refractivity contribution < 1.29 is 27.8 Å². The van der Waals surface area contributed by atoms with E-state index in [-0.39, 0.29) is 32.4 Å². The maximum atomic E-state index is 11.8. The molecular weight excluding hydrogens is 287 g/mol. The van der Waals surface area contributed by atoms with Crippen molar-refractivity contribution in [2.75, 3.05) is 32.9 Å². The molecule has 0 bridgehead atoms. The summed E-state index contributed by atoms with van der Waals surface area (Å²) >= 11 is 0. The first-order valence-electron chi connectivity index (χ1n) is 7.51. The highest BCUT2D eigenvalue weighted by Crippen LogP contribution is 2.25. The van der Waals surface area contributed by atoms with Gasteiger partial charge >= 0.3 is 6.18 Å². The largest absolute Gasteiger partial charge is 0.411 e. The molecule has 21 heavy (non-hydrogen) atoms. The van der Waals surface area contributed by atoms with Crippen molar-refractivity contribution >= 4 is 0 Å². The number of nitrogens with one attached hydrogen (secondary N) is 1. The van der Waals surface area contributed by atoms with Crippen LogP contribution in [0.4, 0.5) is 13.2 Å². The Hall–Kier alpha value is -0.370. The van der Waals surface area contributed by atoms with Gasteiger partial charge in [0.15, 0.2) is 0 Å². The minimum atomic E-state index is -4.29. The van der Waals surface area contributed by atoms with E-state index in [1.807, 2.05) is 0 Å². The number of hydrogen-bond donors (Lipinski definition) is 2. The van der Waals surface area contributed by atoms with Crippen LogP contribution in [0.5, 0.6) is 0 Å². The molecular formula is C14H26F3NO3. The smallest absolute Gasteiger partial charge is 0.389 e. The Labute approximate surface area is 124 Å². The van der Waals surface area contributed by atoms with Gasteiger partial charge in [-0.3, -0.25) is 0 Å². The highest BCUT2D eigenvalue weighted by molar-refractivity contribution is 4.71. The summed E-state index contributed by atoms with van der Waals surface area (Å²) in [6.45, 7) is 1.75. The molecule has 2 N–H and O–H groups in total. The lowest BCUT2D eigenvalue weighted by molar-refractivity contribution is -0.173. The minimum Gasteiger partial charge on any atom is -0.389 e. The third kappa shape index (κ3) is 10.1. The van der Waals surface area contributed by atoms with Crippen molar-refractivity contribution in [2.24, 2.45) is 5.92 Å². The molecule has 0 radical (unpaired) electrons. The van der Waals surface area contributed by atoms with Gasteiger partial charge in [-0.05, 0) is 18.8 Å². The van der Waals surface area contributed by atoms with Gasteiger partial charge in [-0.15, -0.1) is 0 Å². The molecule has 3 unspecified atom stereocenters. The molecule has 1 fully saturated rings. The molecule has 0 saturated heterocycles. The van der Waals surface area contributed by atoms with Gasteiger partial charge in [-0.1, -0.05) is 19.8 Å². The second kappa shape index (κ2) is 9.61. The molecule has 1 aliphatic rings. The highest BCUT2D eigenvalue weighted by Gasteiger charge is 2.27. The monoisotopic (exact) mass is 313 g/mol. The second-order valence-electron chi connectivity index (χ2n) is 5.75. The molecule has 4 nitrogen and oxygen atoms in total. The second-order valence-corrected chi connectivity index (χ2v) is 5.75. The van der Waals surface area contributed by atoms with E-state index in [2.05, 4.69) is 17.0 Å². The van der Waals surface area contributed by atoms with Crippen LogP contribution in [0.25, 0.3) is 0 Å². The lowest BCUT2D eigenvalue weighted by atomic mass is 9.89. The van der Waals surface area contributed by atoms with E-state index >= 15 is 0 Å². The number of aliphatic hydroxyl groups is 1. The fourth-order valence-electron chi connectivity index (χ4n) is 2.44. The standard InChI is InChI=1S/C14H26F3NO3/c1-11-3-2-4-13(7-11)21-9-12(19)8-18-5-6-20-10-14(15,16)17/h11-13,18-19H,2-10H2,1H3. The summed E-state index contributed by atoms with van der Waals surface area (Å²) in [6, 6.07) is 0. The number of aliphatic hydroxyl groups excluding tert-OH is 1. The maximum Gasteiger partial charge on any atom is 0.411 e. The molecule has 0 aliphatic heterocycles. The zero-order chi connectivity index (χ0) is 15.7. The van der Waals surface area contributed by atoms with Gasteiger partial charge in [0, 0.05) is 13.1 Å². The van der Waals surface area contributed by atoms with Crippen molar-refractivity contribution in [1.29, 1.82) is 0 Å². The number of hydrogen-bond acceptors (Lipinski definition) is 4. The van der Waals surface area contributed by atoms with Crippen molar-refractivity contribution in [2.45, 2.75) is 51.0 Å². The van der Waals surface area contributed by atoms with Crippen LogP contribution < -0.4 is 5.32 Å². The average Bonchev–Trinajstić information content (AvgIpc) is 2.39. The van der Waals surface area contributed by atoms with Crippen LogP contribution in [0, 0.1) is 5.92 Å². The van der Waals surface area contributed by atoms with E-state index < -0.39 is 18.9 Å². The van der Waals surface area contributed by atoms with Crippen molar-refractivity contribution in [3.8, 4) is 0 Å². The Morgan fingerprint density at radius 1 is 1.33 bits per heavy atom. The van der Waals surface area contributed by atoms with Gasteiger partial charge in [0.1, 0.15) is 6.61 Å². The quantitative estimate of drug-likeness (QED) is 0.640. The molecule has 3 atom stereocenters. The predicted octanol–water partition coefficient (Wildman–Crippen LogP) is 2.11. The maximum absolute atomic E-state index is 11.8. The van der Waals surface area contributed by atoms with E-state index in [9.17, 15) is 18.3 Å². The van der Waals surface area contributed by atoms with E-state index in [1.54, 1.807) is 0 Å². The molecule has 0 heterocycles. The van der Waals surface area contributed by atoms with E-state index in [0.717, 1.165) is 19.3 Å². The lowest BCUT2D eigenvalue weighted by Crippen LogP contribution is -2.34. The Kier molecular flexibility index (Phi) is 8.55. The molecule has 0 aromatic carbocycles. The Morgan fingerprint density at radius 3 is 2.76 bits per heavy atom. The molecule has 0 aromatic rings. The van der Waals surface area contributed by atoms with Gasteiger partial charge in [0.2, 0.25) is 0 Å². The molecule has 1 aliphatic carbocycles. The van der Waals surface area contributed by atoms with Crippen LogP contribution in [0.2, 0.25) is 0 Å². The number of ether oxygens (including phenoxy) is 2. The third-order valence-corrected chi connectivity index (χ3v) is 3.48. The first-order valence-corrected chi connectivity index (χ1v) is 7.51. The summed E-state index contributed by atoms with van der Waals surface area (Å²) in [7, 11) is 0. The zero-order valence-corrected chi connectivity index (χ0v) is 12.5. The molecule has 0 spiro atoms. The zero-order valence-electron chi connectivity index (χ0n) is 12.5. The van der Waals surface area contributed by atoms with Gasteiger partial charge in [0.05, 0.1) is 25.4 Å². The first-order chi connectivity index (χ1) is 9.87. The van der Waals surface area contributed by atoms with E-state index in [0.29, 0.717) is 5.92 Å². The van der Waals surface area contributed by atoms with Gasteiger partial charge < -0.3 is 19.9 Å². The van der Waals surface area contributed by atoms with Crippen LogP contribution in [0.15, 0.2) is 0 Å². The summed E-state index contributed by atoms with van der Waals surface area (Å²) in [5.74, 6) is 0.671. The summed E-state index contributed by atoms with van der Waals surface area (Å²) in [6.07, 6.45) is -0.243. The van der Waals surface area contributed by atoms with Crippen LogP contribution in [0.3, 0.4) is 0 Å². The molecule has 0 aromatic heterocycles. The van der Waals surface area contributed by atoms with Crippen LogP contribution >= 0.6 is 0 Å². The summed E-state index contributed by atoms with van der Waals surface area (Å²) in [5.41, 5.74) is 0. The predicted molar refractivity (Wildman–Crippen MR) is 73.1 cm³/mol. The molecule has 0 amide bonds. The summed E-state index contributed by atoms with van der Waals surface area (Å²) in [5, 5.41) is 12.6. The van der Waals surface area contributed by atoms with Crippen LogP contribution in [-0.2, 0) is 9.47 Å². The van der Waals surface area contributed by atoms with Crippen molar-refractivity contribution in [3.63, 3.8) is 0 Å². The number of halogens is 3. The third-order valence-electron chi connectivity index (χ3n) is 3.48. The van der Waals surface area contributed by atoms with Gasteiger partial charge in [0.25, 0.3) is 0 Å². The lowest BCUT2D eigenvalue weighted by Gasteiger charge is -2.27. The van der Waals surface area contributed by atoms with Crippen molar-refractivity contribution in [3.05, 3.63) is 0 Å². The summed E-state index contributed by atoms with van der Waals surface area (Å²) < 4.78 is 45.5. The van der Waals surface area contributed by atoms with Crippen LogP contribution in [0.1, 0.15) is 32.6 Å². The Balaban J connectivity index is 1.95. The van der Waals surface area contributed by atoms with Crippen molar-refractivity contribution in [1.82, 2.24) is 5.32 Å². The topological polar surface area (TPSA) is 50.7 Å². The Morgan fingerprint density at radius 2 is 2.10 bits per heavy atom. The molecule has 126 valence electrons. The van der Waals surface area contributed by atoms with Gasteiger partial charge in [-0.25, -0.2) is 0 Å². The first kappa shape index (κ1) is 18.7.